The molecular weight excluding hydrogens is 813 g/mol. The summed E-state index contributed by atoms with van der Waals surface area (Å²) in [4.78, 5) is 109. The smallest absolute Gasteiger partial charge is 0.249 e. The van der Waals surface area contributed by atoms with Crippen LogP contribution < -0.4 is 21.7 Å². The quantitative estimate of drug-likeness (QED) is 0.186. The van der Waals surface area contributed by atoms with Gasteiger partial charge in [0.25, 0.3) is 0 Å². The molecule has 3 aliphatic heterocycles. The molecule has 4 heterocycles. The monoisotopic (exact) mass is 870 g/mol. The highest BCUT2D eigenvalue weighted by Crippen LogP contribution is 2.41. The van der Waals surface area contributed by atoms with Crippen molar-refractivity contribution in [2.45, 2.75) is 132 Å². The Balaban J connectivity index is 1.12. The minimum atomic E-state index is -1.41. The molecule has 6 N–H and O–H groups in total. The van der Waals surface area contributed by atoms with E-state index < -0.39 is 71.7 Å². The second-order valence-corrected chi connectivity index (χ2v) is 18.7. The lowest BCUT2D eigenvalue weighted by molar-refractivity contribution is -0.151. The molecule has 3 aromatic carbocycles. The predicted octanol–water partition coefficient (Wildman–Crippen LogP) is 3.72. The average Bonchev–Trinajstić information content (AvgIpc) is 4.13. The van der Waals surface area contributed by atoms with Crippen molar-refractivity contribution in [3.63, 3.8) is 0 Å². The first kappa shape index (κ1) is 43.0. The van der Waals surface area contributed by atoms with Crippen LogP contribution in [0.1, 0.15) is 94.6 Å². The molecule has 0 bridgehead atoms. The molecule has 5 aliphatic rings. The van der Waals surface area contributed by atoms with E-state index >= 15 is 14.4 Å². The molecule has 3 saturated heterocycles. The van der Waals surface area contributed by atoms with Crippen molar-refractivity contribution in [3.8, 4) is 0 Å². The molecule has 0 unspecified atom stereocenters. The number of amides is 7. The molecule has 15 heteroatoms. The Morgan fingerprint density at radius 1 is 0.766 bits per heavy atom. The van der Waals surface area contributed by atoms with Crippen LogP contribution >= 0.6 is 0 Å². The highest BCUT2D eigenvalue weighted by Gasteiger charge is 2.52. The maximum atomic E-state index is 15.3. The Kier molecular flexibility index (Phi) is 12.2. The lowest BCUT2D eigenvalue weighted by atomic mass is 9.84. The zero-order valence-electron chi connectivity index (χ0n) is 36.2. The summed E-state index contributed by atoms with van der Waals surface area (Å²) < 4.78 is 0. The molecule has 6 atom stereocenters. The van der Waals surface area contributed by atoms with Gasteiger partial charge in [0.05, 0.1) is 6.54 Å². The number of hydrogen-bond donors (Lipinski definition) is 5. The van der Waals surface area contributed by atoms with Crippen LogP contribution in [-0.2, 0) is 46.5 Å². The molecule has 0 radical (unpaired) electrons. The summed E-state index contributed by atoms with van der Waals surface area (Å²) in [7, 11) is 0. The Morgan fingerprint density at radius 3 is 2.34 bits per heavy atom. The maximum absolute atomic E-state index is 15.3. The molecule has 2 saturated carbocycles. The van der Waals surface area contributed by atoms with Gasteiger partial charge in [0, 0.05) is 49.1 Å². The van der Waals surface area contributed by atoms with Crippen LogP contribution in [0.3, 0.4) is 0 Å². The van der Waals surface area contributed by atoms with Crippen molar-refractivity contribution in [1.82, 2.24) is 35.6 Å². The lowest BCUT2D eigenvalue weighted by Gasteiger charge is -2.39. The van der Waals surface area contributed by atoms with Gasteiger partial charge in [0.1, 0.15) is 29.7 Å². The SMILES string of the molecule is NC(=O)CC[C@@H]1NC(=O)CN(Cc2ccc3ccccc3c2)C(=O)C2(CCCC2)NC(=O)[C@H](Cc2c[nH]c3ccccc23)NC(=O)[C@@H]2C[C@@H]3CCCC[C@@H]3N2C(=O)[C@H]2CCCN2C1=O. The number of aromatic amines is 1. The summed E-state index contributed by atoms with van der Waals surface area (Å²) in [5.41, 5.74) is 6.60. The van der Waals surface area contributed by atoms with Crippen LogP contribution in [0.2, 0.25) is 0 Å². The molecule has 64 heavy (non-hydrogen) atoms. The Morgan fingerprint density at radius 2 is 1.53 bits per heavy atom. The van der Waals surface area contributed by atoms with Gasteiger partial charge in [-0.3, -0.25) is 33.6 Å². The molecule has 2 aliphatic carbocycles. The van der Waals surface area contributed by atoms with Gasteiger partial charge >= 0.3 is 0 Å². The molecule has 7 amide bonds. The van der Waals surface area contributed by atoms with Gasteiger partial charge in [0.2, 0.25) is 41.4 Å². The Hall–Kier alpha value is -6.25. The Bertz CT molecular complexity index is 2480. The zero-order chi connectivity index (χ0) is 44.5. The molecule has 15 nitrogen and oxygen atoms in total. The summed E-state index contributed by atoms with van der Waals surface area (Å²) in [5, 5.41) is 12.0. The number of aromatic nitrogens is 1. The fourth-order valence-corrected chi connectivity index (χ4v) is 11.4. The minimum Gasteiger partial charge on any atom is -0.370 e. The van der Waals surface area contributed by atoms with E-state index in [9.17, 15) is 19.2 Å². The van der Waals surface area contributed by atoms with E-state index in [2.05, 4.69) is 20.9 Å². The first-order valence-corrected chi connectivity index (χ1v) is 23.1. The van der Waals surface area contributed by atoms with Crippen LogP contribution in [0.4, 0.5) is 0 Å². The van der Waals surface area contributed by atoms with Crippen LogP contribution in [-0.4, -0.2) is 110 Å². The van der Waals surface area contributed by atoms with Crippen LogP contribution in [0, 0.1) is 5.92 Å². The second-order valence-electron chi connectivity index (χ2n) is 18.7. The number of carbonyl (C=O) groups excluding carboxylic acids is 7. The van der Waals surface area contributed by atoms with Crippen LogP contribution in [0.15, 0.2) is 72.9 Å². The van der Waals surface area contributed by atoms with Gasteiger partial charge in [-0.1, -0.05) is 80.3 Å². The normalized spacial score (nSPS) is 26.9. The van der Waals surface area contributed by atoms with E-state index in [4.69, 9.17) is 5.73 Å². The van der Waals surface area contributed by atoms with E-state index in [1.165, 1.54) is 9.80 Å². The number of nitrogens with one attached hydrogen (secondary N) is 4. The van der Waals surface area contributed by atoms with Gasteiger partial charge in [0.15, 0.2) is 0 Å². The number of nitrogens with zero attached hydrogens (tertiary/aromatic N) is 3. The summed E-state index contributed by atoms with van der Waals surface area (Å²) in [5.74, 6) is -3.48. The number of benzene rings is 3. The van der Waals surface area contributed by atoms with E-state index in [1.807, 2.05) is 72.9 Å². The second kappa shape index (κ2) is 18.1. The van der Waals surface area contributed by atoms with Gasteiger partial charge in [-0.15, -0.1) is 0 Å². The fraction of sp³-hybridized carbons (Fsp3) is 0.490. The third-order valence-corrected chi connectivity index (χ3v) is 14.5. The van der Waals surface area contributed by atoms with E-state index in [0.717, 1.165) is 58.5 Å². The van der Waals surface area contributed by atoms with Crippen molar-refractivity contribution in [1.29, 1.82) is 0 Å². The highest BCUT2D eigenvalue weighted by molar-refractivity contribution is 6.00. The average molecular weight is 871 g/mol. The van der Waals surface area contributed by atoms with E-state index in [0.29, 0.717) is 44.9 Å². The summed E-state index contributed by atoms with van der Waals surface area (Å²) in [6.07, 6.45) is 8.32. The standard InChI is InChI=1S/C49H58N8O7/c50-42(58)20-19-37-46(62)56-23-9-16-40(56)47(63)57-39-15-6-3-12-33(39)26-41(57)45(61)53-38(25-34-27-51-36-14-5-4-13-35(34)36)44(60)54-49(21-7-8-22-49)48(64)55(29-43(59)52-37)28-30-17-18-31-10-1-2-11-32(31)24-30/h1-2,4-5,10-11,13-14,17-18,24,27,33,37-41,51H,3,6-9,12,15-16,19-23,25-26,28-29H2,(H2,50,58)(H,52,59)(H,53,61)(H,54,60)/t33-,37-,38-,39-,40+,41-/m0/s1. The van der Waals surface area contributed by atoms with E-state index in [1.54, 1.807) is 4.90 Å². The number of hydrogen-bond acceptors (Lipinski definition) is 7. The fourth-order valence-electron chi connectivity index (χ4n) is 11.4. The number of para-hydroxylation sites is 1. The number of carbonyl (C=O) groups is 7. The summed E-state index contributed by atoms with van der Waals surface area (Å²) in [6, 6.07) is 17.0. The lowest BCUT2D eigenvalue weighted by Crippen LogP contribution is -2.64. The predicted molar refractivity (Wildman–Crippen MR) is 239 cm³/mol. The first-order valence-electron chi connectivity index (χ1n) is 23.1. The number of primary amides is 1. The Labute approximate surface area is 372 Å². The largest absolute Gasteiger partial charge is 0.370 e. The van der Waals surface area contributed by atoms with Gasteiger partial charge < -0.3 is 41.4 Å². The molecular formula is C49H58N8O7. The maximum Gasteiger partial charge on any atom is 0.249 e. The molecule has 9 rings (SSSR count). The molecule has 5 fully saturated rings. The van der Waals surface area contributed by atoms with Crippen molar-refractivity contribution in [2.24, 2.45) is 11.7 Å². The van der Waals surface area contributed by atoms with Crippen molar-refractivity contribution >= 4 is 63.0 Å². The number of nitrogens with two attached hydrogens (primary N) is 1. The zero-order valence-corrected chi connectivity index (χ0v) is 36.2. The first-order chi connectivity index (χ1) is 31.0. The van der Waals surface area contributed by atoms with Crippen LogP contribution in [0.5, 0.6) is 0 Å². The van der Waals surface area contributed by atoms with Gasteiger partial charge in [-0.25, -0.2) is 0 Å². The number of fused-ring (bicyclic) bond motifs is 6. The molecule has 1 spiro atoms. The van der Waals surface area contributed by atoms with Crippen molar-refractivity contribution < 1.29 is 33.6 Å². The van der Waals surface area contributed by atoms with Gasteiger partial charge in [-0.05, 0) is 91.3 Å². The number of rotatable bonds is 7. The topological polar surface area (TPSA) is 207 Å². The molecule has 336 valence electrons. The van der Waals surface area contributed by atoms with Crippen molar-refractivity contribution in [2.75, 3.05) is 13.1 Å². The van der Waals surface area contributed by atoms with Gasteiger partial charge in [-0.2, -0.15) is 0 Å². The molecule has 1 aromatic heterocycles. The van der Waals surface area contributed by atoms with Crippen LogP contribution in [0.25, 0.3) is 21.7 Å². The summed E-state index contributed by atoms with van der Waals surface area (Å²) in [6.45, 7) is -0.189. The minimum absolute atomic E-state index is 0.0205. The molecule has 4 aromatic rings. The van der Waals surface area contributed by atoms with Crippen molar-refractivity contribution in [3.05, 3.63) is 84.1 Å². The summed E-state index contributed by atoms with van der Waals surface area (Å²) >= 11 is 0. The third kappa shape index (κ3) is 8.56. The number of H-pyrrole nitrogens is 1. The highest BCUT2D eigenvalue weighted by atomic mass is 16.2. The third-order valence-electron chi connectivity index (χ3n) is 14.5. The van der Waals surface area contributed by atoms with E-state index in [-0.39, 0.29) is 50.2 Å².